The van der Waals surface area contributed by atoms with Crippen molar-refractivity contribution in [3.05, 3.63) is 58.3 Å². The molecule has 4 heteroatoms. The van der Waals surface area contributed by atoms with E-state index < -0.39 is 0 Å². The van der Waals surface area contributed by atoms with Crippen molar-refractivity contribution in [2.75, 3.05) is 0 Å². The van der Waals surface area contributed by atoms with Crippen LogP contribution in [-0.2, 0) is 6.54 Å². The van der Waals surface area contributed by atoms with Gasteiger partial charge in [-0.1, -0.05) is 59.7 Å². The average Bonchev–Trinajstić information content (AvgIpc) is 2.40. The molecule has 0 amide bonds. The first-order valence-electron chi connectivity index (χ1n) is 6.50. The van der Waals surface area contributed by atoms with Gasteiger partial charge in [0.15, 0.2) is 0 Å². The first-order valence-corrected chi connectivity index (χ1v) is 8.11. The number of nitrogens with one attached hydrogen (secondary N) is 1. The maximum atomic E-state index is 13.6. The molecule has 106 valence electrons. The van der Waals surface area contributed by atoms with Gasteiger partial charge < -0.3 is 5.32 Å². The van der Waals surface area contributed by atoms with Gasteiger partial charge in [0.05, 0.1) is 0 Å². The Morgan fingerprint density at radius 3 is 2.60 bits per heavy atom. The van der Waals surface area contributed by atoms with E-state index in [1.165, 1.54) is 23.4 Å². The van der Waals surface area contributed by atoms with Crippen LogP contribution >= 0.6 is 27.7 Å². The van der Waals surface area contributed by atoms with Crippen LogP contribution in [0.3, 0.4) is 0 Å². The zero-order valence-corrected chi connectivity index (χ0v) is 13.9. The van der Waals surface area contributed by atoms with Gasteiger partial charge in [-0.15, -0.1) is 0 Å². The second kappa shape index (κ2) is 7.25. The van der Waals surface area contributed by atoms with E-state index in [1.807, 2.05) is 18.2 Å². The maximum absolute atomic E-state index is 13.6. The van der Waals surface area contributed by atoms with Gasteiger partial charge in [0.25, 0.3) is 0 Å². The minimum Gasteiger partial charge on any atom is -0.310 e. The van der Waals surface area contributed by atoms with E-state index in [9.17, 15) is 4.39 Å². The molecule has 2 rings (SSSR count). The molecular formula is C16H17BrFNS. The van der Waals surface area contributed by atoms with Gasteiger partial charge in [0, 0.05) is 26.9 Å². The van der Waals surface area contributed by atoms with E-state index in [2.05, 4.69) is 41.2 Å². The van der Waals surface area contributed by atoms with Gasteiger partial charge >= 0.3 is 0 Å². The molecule has 1 N–H and O–H groups in total. The lowest BCUT2D eigenvalue weighted by molar-refractivity contribution is 0.587. The van der Waals surface area contributed by atoms with Crippen molar-refractivity contribution in [1.82, 2.24) is 5.32 Å². The monoisotopic (exact) mass is 353 g/mol. The van der Waals surface area contributed by atoms with E-state index in [1.54, 1.807) is 12.1 Å². The van der Waals surface area contributed by atoms with Gasteiger partial charge in [-0.25, -0.2) is 4.39 Å². The summed E-state index contributed by atoms with van der Waals surface area (Å²) >= 11 is 5.02. The fraction of sp³-hybridized carbons (Fsp3) is 0.250. The second-order valence-corrected chi connectivity index (χ2v) is 6.79. The molecule has 0 fully saturated rings. The summed E-state index contributed by atoms with van der Waals surface area (Å²) in [5, 5.41) is 3.38. The fourth-order valence-corrected chi connectivity index (χ4v) is 3.25. The number of halogens is 2. The molecule has 0 radical (unpaired) electrons. The largest absolute Gasteiger partial charge is 0.310 e. The highest BCUT2D eigenvalue weighted by molar-refractivity contribution is 9.10. The number of hydrogen-bond acceptors (Lipinski definition) is 2. The first kappa shape index (κ1) is 15.5. The molecule has 0 unspecified atom stereocenters. The van der Waals surface area contributed by atoms with Crippen molar-refractivity contribution in [2.45, 2.75) is 36.2 Å². The molecule has 20 heavy (non-hydrogen) atoms. The van der Waals surface area contributed by atoms with Gasteiger partial charge in [-0.3, -0.25) is 0 Å². The number of rotatable bonds is 5. The summed E-state index contributed by atoms with van der Waals surface area (Å²) in [5.74, 6) is -0.181. The standard InChI is InChI=1S/C16H17BrFNS/c1-11(2)19-10-12-7-8-13(9-14(12)17)20-16-6-4-3-5-15(16)18/h3-9,11,19H,10H2,1-2H3. The van der Waals surface area contributed by atoms with Crippen molar-refractivity contribution < 1.29 is 4.39 Å². The molecular weight excluding hydrogens is 337 g/mol. The summed E-state index contributed by atoms with van der Waals surface area (Å²) in [7, 11) is 0. The summed E-state index contributed by atoms with van der Waals surface area (Å²) < 4.78 is 14.7. The van der Waals surface area contributed by atoms with Crippen molar-refractivity contribution >= 4 is 27.7 Å². The second-order valence-electron chi connectivity index (χ2n) is 4.82. The Morgan fingerprint density at radius 2 is 1.95 bits per heavy atom. The van der Waals surface area contributed by atoms with Crippen LogP contribution < -0.4 is 5.32 Å². The van der Waals surface area contributed by atoms with Crippen LogP contribution in [0.25, 0.3) is 0 Å². The lowest BCUT2D eigenvalue weighted by Crippen LogP contribution is -2.21. The van der Waals surface area contributed by atoms with E-state index in [-0.39, 0.29) is 5.82 Å². The van der Waals surface area contributed by atoms with Crippen LogP contribution in [0.15, 0.2) is 56.7 Å². The van der Waals surface area contributed by atoms with Crippen LogP contribution in [-0.4, -0.2) is 6.04 Å². The average molecular weight is 354 g/mol. The highest BCUT2D eigenvalue weighted by Gasteiger charge is 2.06. The van der Waals surface area contributed by atoms with Crippen molar-refractivity contribution in [1.29, 1.82) is 0 Å². The van der Waals surface area contributed by atoms with Crippen LogP contribution in [0.1, 0.15) is 19.4 Å². The molecule has 0 spiro atoms. The summed E-state index contributed by atoms with van der Waals surface area (Å²) in [6.07, 6.45) is 0. The summed E-state index contributed by atoms with van der Waals surface area (Å²) in [4.78, 5) is 1.67. The predicted octanol–water partition coefficient (Wildman–Crippen LogP) is 5.24. The normalized spacial score (nSPS) is 11.1. The molecule has 0 saturated carbocycles. The van der Waals surface area contributed by atoms with Crippen molar-refractivity contribution in [3.8, 4) is 0 Å². The molecule has 0 saturated heterocycles. The van der Waals surface area contributed by atoms with Crippen LogP contribution in [0.2, 0.25) is 0 Å². The Kier molecular flexibility index (Phi) is 5.64. The van der Waals surface area contributed by atoms with Gasteiger partial charge in [0.2, 0.25) is 0 Å². The molecule has 0 bridgehead atoms. The van der Waals surface area contributed by atoms with Crippen molar-refractivity contribution in [2.24, 2.45) is 0 Å². The summed E-state index contributed by atoms with van der Waals surface area (Å²) in [6.45, 7) is 5.06. The van der Waals surface area contributed by atoms with Crippen LogP contribution in [0, 0.1) is 5.82 Å². The van der Waals surface area contributed by atoms with E-state index in [0.717, 1.165) is 15.9 Å². The third-order valence-electron chi connectivity index (χ3n) is 2.79. The predicted molar refractivity (Wildman–Crippen MR) is 86.6 cm³/mol. The Labute approximate surface area is 132 Å². The topological polar surface area (TPSA) is 12.0 Å². The summed E-state index contributed by atoms with van der Waals surface area (Å²) in [6, 6.07) is 13.4. The SMILES string of the molecule is CC(C)NCc1ccc(Sc2ccccc2F)cc1Br. The van der Waals surface area contributed by atoms with Gasteiger partial charge in [0.1, 0.15) is 5.82 Å². The highest BCUT2D eigenvalue weighted by atomic mass is 79.9. The first-order chi connectivity index (χ1) is 9.56. The Morgan fingerprint density at radius 1 is 1.20 bits per heavy atom. The Balaban J connectivity index is 2.11. The number of benzene rings is 2. The minimum absolute atomic E-state index is 0.181. The maximum Gasteiger partial charge on any atom is 0.137 e. The minimum atomic E-state index is -0.181. The quantitative estimate of drug-likeness (QED) is 0.788. The lowest BCUT2D eigenvalue weighted by Gasteiger charge is -2.11. The zero-order valence-electron chi connectivity index (χ0n) is 11.5. The molecule has 0 heterocycles. The van der Waals surface area contributed by atoms with Gasteiger partial charge in [-0.2, -0.15) is 0 Å². The zero-order chi connectivity index (χ0) is 14.5. The third-order valence-corrected chi connectivity index (χ3v) is 4.57. The molecule has 0 aliphatic rings. The lowest BCUT2D eigenvalue weighted by atomic mass is 10.2. The molecule has 1 nitrogen and oxygen atoms in total. The Hall–Kier alpha value is -0.840. The molecule has 0 aromatic heterocycles. The fourth-order valence-electron chi connectivity index (χ4n) is 1.70. The van der Waals surface area contributed by atoms with Crippen LogP contribution in [0.4, 0.5) is 4.39 Å². The molecule has 0 aliphatic heterocycles. The summed E-state index contributed by atoms with van der Waals surface area (Å²) in [5.41, 5.74) is 1.21. The molecule has 2 aromatic rings. The smallest absolute Gasteiger partial charge is 0.137 e. The molecule has 0 aliphatic carbocycles. The van der Waals surface area contributed by atoms with Gasteiger partial charge in [-0.05, 0) is 29.8 Å². The molecule has 0 atom stereocenters. The molecule has 2 aromatic carbocycles. The van der Waals surface area contributed by atoms with E-state index >= 15 is 0 Å². The highest BCUT2D eigenvalue weighted by Crippen LogP contribution is 2.32. The Bertz CT molecular complexity index is 586. The third kappa shape index (κ3) is 4.33. The number of hydrogen-bond donors (Lipinski definition) is 1. The van der Waals surface area contributed by atoms with E-state index in [0.29, 0.717) is 10.9 Å². The van der Waals surface area contributed by atoms with Crippen molar-refractivity contribution in [3.63, 3.8) is 0 Å². The van der Waals surface area contributed by atoms with Crippen LogP contribution in [0.5, 0.6) is 0 Å². The van der Waals surface area contributed by atoms with E-state index in [4.69, 9.17) is 0 Å².